The van der Waals surface area contributed by atoms with Gasteiger partial charge in [0.25, 0.3) is 0 Å². The fourth-order valence-corrected chi connectivity index (χ4v) is 6.18. The van der Waals surface area contributed by atoms with Crippen molar-refractivity contribution in [1.82, 2.24) is 18.0 Å². The Bertz CT molecular complexity index is 774. The third-order valence-electron chi connectivity index (χ3n) is 4.40. The topological polar surface area (TPSA) is 66.4 Å². The summed E-state index contributed by atoms with van der Waals surface area (Å²) in [7, 11) is -1.45. The Balaban J connectivity index is 1.82. The maximum atomic E-state index is 13.1. The molecule has 2 bridgehead atoms. The number of hydrogen-bond donors (Lipinski definition) is 0. The van der Waals surface area contributed by atoms with Gasteiger partial charge in [-0.05, 0) is 32.0 Å². The molecule has 0 spiro atoms. The Hall–Kier alpha value is -1.09. The van der Waals surface area contributed by atoms with Crippen LogP contribution in [0.1, 0.15) is 12.8 Å². The summed E-state index contributed by atoms with van der Waals surface area (Å²) >= 11 is 1.06. The zero-order valence-electron chi connectivity index (χ0n) is 11.6. The maximum absolute atomic E-state index is 13.1. The van der Waals surface area contributed by atoms with Crippen LogP contribution in [0.5, 0.6) is 0 Å². The largest absolute Gasteiger partial charge is 0.303 e. The second-order valence-electron chi connectivity index (χ2n) is 5.83. The van der Waals surface area contributed by atoms with Crippen molar-refractivity contribution < 1.29 is 8.42 Å². The number of likely N-dealkylation sites (N-methyl/N-ethyl adjacent to an activating group) is 1. The molecule has 1 aromatic heterocycles. The SMILES string of the molecule is CN1CC2CCC(C1)N2S(=O)(=O)c1cccc2nsnc12. The predicted molar refractivity (Wildman–Crippen MR) is 80.7 cm³/mol. The summed E-state index contributed by atoms with van der Waals surface area (Å²) in [6.07, 6.45) is 1.89. The first-order chi connectivity index (χ1) is 10.1. The van der Waals surface area contributed by atoms with E-state index < -0.39 is 10.0 Å². The number of aromatic nitrogens is 2. The second-order valence-corrected chi connectivity index (χ2v) is 8.17. The van der Waals surface area contributed by atoms with Crippen molar-refractivity contribution in [3.8, 4) is 0 Å². The van der Waals surface area contributed by atoms with Crippen molar-refractivity contribution in [3.63, 3.8) is 0 Å². The van der Waals surface area contributed by atoms with Crippen molar-refractivity contribution in [1.29, 1.82) is 0 Å². The van der Waals surface area contributed by atoms with E-state index in [2.05, 4.69) is 20.7 Å². The van der Waals surface area contributed by atoms with Crippen LogP contribution in [0.25, 0.3) is 11.0 Å². The molecule has 2 unspecified atom stereocenters. The van der Waals surface area contributed by atoms with Gasteiger partial charge in [-0.15, -0.1) is 0 Å². The minimum atomic E-state index is -3.51. The van der Waals surface area contributed by atoms with Gasteiger partial charge in [-0.3, -0.25) is 0 Å². The number of likely N-dealkylation sites (tertiary alicyclic amines) is 1. The van der Waals surface area contributed by atoms with Crippen molar-refractivity contribution in [2.45, 2.75) is 29.8 Å². The average molecular weight is 324 g/mol. The van der Waals surface area contributed by atoms with Gasteiger partial charge in [-0.1, -0.05) is 6.07 Å². The molecule has 0 N–H and O–H groups in total. The summed E-state index contributed by atoms with van der Waals surface area (Å²) in [5, 5.41) is 0. The zero-order chi connectivity index (χ0) is 14.6. The van der Waals surface area contributed by atoms with Gasteiger partial charge in [-0.25, -0.2) is 8.42 Å². The molecular weight excluding hydrogens is 308 g/mol. The quantitative estimate of drug-likeness (QED) is 0.829. The van der Waals surface area contributed by atoms with Gasteiger partial charge in [0.1, 0.15) is 15.9 Å². The van der Waals surface area contributed by atoms with E-state index in [-0.39, 0.29) is 12.1 Å². The monoisotopic (exact) mass is 324 g/mol. The lowest BCUT2D eigenvalue weighted by Gasteiger charge is -2.38. The number of nitrogens with zero attached hydrogens (tertiary/aromatic N) is 4. The third kappa shape index (κ3) is 2.01. The Labute approximate surface area is 127 Å². The van der Waals surface area contributed by atoms with E-state index in [4.69, 9.17) is 0 Å². The van der Waals surface area contributed by atoms with E-state index >= 15 is 0 Å². The molecule has 0 radical (unpaired) electrons. The molecule has 6 nitrogen and oxygen atoms in total. The highest BCUT2D eigenvalue weighted by Gasteiger charge is 2.46. The Morgan fingerprint density at radius 3 is 2.62 bits per heavy atom. The van der Waals surface area contributed by atoms with Crippen LogP contribution >= 0.6 is 11.7 Å². The van der Waals surface area contributed by atoms with Gasteiger partial charge < -0.3 is 4.90 Å². The summed E-state index contributed by atoms with van der Waals surface area (Å²) in [6.45, 7) is 1.61. The number of sulfonamides is 1. The van der Waals surface area contributed by atoms with E-state index in [1.165, 1.54) is 0 Å². The number of benzene rings is 1. The number of hydrogen-bond acceptors (Lipinski definition) is 6. The van der Waals surface area contributed by atoms with Crippen molar-refractivity contribution in [3.05, 3.63) is 18.2 Å². The second kappa shape index (κ2) is 4.70. The molecule has 2 aromatic rings. The summed E-state index contributed by atoms with van der Waals surface area (Å²) in [5.41, 5.74) is 1.16. The molecule has 1 aromatic carbocycles. The van der Waals surface area contributed by atoms with E-state index in [1.54, 1.807) is 22.5 Å². The number of rotatable bonds is 2. The van der Waals surface area contributed by atoms with E-state index in [0.717, 1.165) is 37.7 Å². The molecule has 21 heavy (non-hydrogen) atoms. The fourth-order valence-electron chi connectivity index (χ4n) is 3.57. The lowest BCUT2D eigenvalue weighted by molar-refractivity contribution is 0.154. The highest BCUT2D eigenvalue weighted by Crippen LogP contribution is 2.36. The van der Waals surface area contributed by atoms with Gasteiger partial charge in [0, 0.05) is 25.2 Å². The van der Waals surface area contributed by atoms with Crippen molar-refractivity contribution >= 4 is 32.8 Å². The van der Waals surface area contributed by atoms with Gasteiger partial charge >= 0.3 is 0 Å². The highest BCUT2D eigenvalue weighted by molar-refractivity contribution is 7.89. The molecule has 2 aliphatic rings. The molecule has 3 heterocycles. The Morgan fingerprint density at radius 2 is 1.90 bits per heavy atom. The average Bonchev–Trinajstić information content (AvgIpc) is 3.01. The smallest absolute Gasteiger partial charge is 0.245 e. The minimum absolute atomic E-state index is 0.0839. The van der Waals surface area contributed by atoms with Gasteiger partial charge in [-0.2, -0.15) is 13.1 Å². The maximum Gasteiger partial charge on any atom is 0.245 e. The minimum Gasteiger partial charge on any atom is -0.303 e. The van der Waals surface area contributed by atoms with Crippen LogP contribution in [0.15, 0.2) is 23.1 Å². The molecule has 2 aliphatic heterocycles. The van der Waals surface area contributed by atoms with Crippen LogP contribution in [0.4, 0.5) is 0 Å². The van der Waals surface area contributed by atoms with Gasteiger partial charge in [0.2, 0.25) is 10.0 Å². The molecular formula is C13H16N4O2S2. The lowest BCUT2D eigenvalue weighted by atomic mass is 10.2. The van der Waals surface area contributed by atoms with E-state index in [9.17, 15) is 8.42 Å². The van der Waals surface area contributed by atoms with Crippen molar-refractivity contribution in [2.24, 2.45) is 0 Å². The first-order valence-electron chi connectivity index (χ1n) is 7.01. The molecule has 2 atom stereocenters. The standard InChI is InChI=1S/C13H16N4O2S2/c1-16-7-9-5-6-10(8-16)17(9)21(18,19)12-4-2-3-11-13(12)15-20-14-11/h2-4,9-10H,5-8H2,1H3. The normalized spacial score (nSPS) is 27.5. The Kier molecular flexibility index (Phi) is 3.04. The highest BCUT2D eigenvalue weighted by atomic mass is 32.2. The summed E-state index contributed by atoms with van der Waals surface area (Å²) in [5.74, 6) is 0. The van der Waals surface area contributed by atoms with Crippen LogP contribution in [-0.2, 0) is 10.0 Å². The number of fused-ring (bicyclic) bond motifs is 3. The molecule has 2 fully saturated rings. The van der Waals surface area contributed by atoms with Crippen LogP contribution < -0.4 is 0 Å². The van der Waals surface area contributed by atoms with Crippen LogP contribution in [0, 0.1) is 0 Å². The van der Waals surface area contributed by atoms with Gasteiger partial charge in [0.15, 0.2) is 0 Å². The predicted octanol–water partition coefficient (Wildman–Crippen LogP) is 1.16. The summed E-state index contributed by atoms with van der Waals surface area (Å²) < 4.78 is 36.3. The first kappa shape index (κ1) is 13.6. The molecule has 0 amide bonds. The molecule has 112 valence electrons. The lowest BCUT2D eigenvalue weighted by Crippen LogP contribution is -2.54. The van der Waals surface area contributed by atoms with Crippen molar-refractivity contribution in [2.75, 3.05) is 20.1 Å². The molecule has 2 saturated heterocycles. The summed E-state index contributed by atoms with van der Waals surface area (Å²) in [6, 6.07) is 5.36. The van der Waals surface area contributed by atoms with Crippen LogP contribution in [0.3, 0.4) is 0 Å². The first-order valence-corrected chi connectivity index (χ1v) is 9.18. The van der Waals surface area contributed by atoms with E-state index in [1.807, 2.05) is 0 Å². The van der Waals surface area contributed by atoms with E-state index in [0.29, 0.717) is 15.9 Å². The fraction of sp³-hybridized carbons (Fsp3) is 0.538. The Morgan fingerprint density at radius 1 is 1.19 bits per heavy atom. The zero-order valence-corrected chi connectivity index (χ0v) is 13.3. The molecule has 0 saturated carbocycles. The molecule has 4 rings (SSSR count). The molecule has 8 heteroatoms. The summed E-state index contributed by atoms with van der Waals surface area (Å²) in [4.78, 5) is 2.52. The number of piperazine rings is 1. The van der Waals surface area contributed by atoms with Crippen LogP contribution in [0.2, 0.25) is 0 Å². The van der Waals surface area contributed by atoms with Crippen LogP contribution in [-0.4, -0.2) is 58.6 Å². The van der Waals surface area contributed by atoms with Gasteiger partial charge in [0.05, 0.1) is 11.7 Å². The third-order valence-corrected chi connectivity index (χ3v) is 6.98. The molecule has 0 aliphatic carbocycles.